The fourth-order valence-electron chi connectivity index (χ4n) is 4.71. The van der Waals surface area contributed by atoms with Crippen molar-refractivity contribution in [2.45, 2.75) is 39.8 Å². The number of carbonyl (C=O) groups excluding carboxylic acids is 3. The van der Waals surface area contributed by atoms with Gasteiger partial charge in [0.05, 0.1) is 41.5 Å². The third-order valence-electron chi connectivity index (χ3n) is 6.52. The standard InChI is InChI=1S/C31H30ClNO6/c1-5-13-39-31(37)21-11-9-20(10-12-21)17-33-26(22-8-6-7-18(2)14-22)25(28(35)30(33)36)27(34)23-15-19(3)16-24(32)29(23)38-4/h6-12,14-16,26,34H,5,13,17H2,1-4H3/b27-25+. The van der Waals surface area contributed by atoms with Crippen molar-refractivity contribution in [3.63, 3.8) is 0 Å². The van der Waals surface area contributed by atoms with Crippen molar-refractivity contribution in [1.82, 2.24) is 4.90 Å². The van der Waals surface area contributed by atoms with Crippen molar-refractivity contribution in [3.05, 3.63) is 105 Å². The second-order valence-corrected chi connectivity index (χ2v) is 9.91. The second-order valence-electron chi connectivity index (χ2n) is 9.50. The fourth-order valence-corrected chi connectivity index (χ4v) is 5.06. The first-order valence-electron chi connectivity index (χ1n) is 12.6. The van der Waals surface area contributed by atoms with Gasteiger partial charge in [0.1, 0.15) is 11.5 Å². The first-order valence-corrected chi connectivity index (χ1v) is 13.0. The molecule has 0 bridgehead atoms. The molecule has 1 N–H and O–H groups in total. The van der Waals surface area contributed by atoms with Crippen molar-refractivity contribution in [1.29, 1.82) is 0 Å². The van der Waals surface area contributed by atoms with Crippen LogP contribution in [0.1, 0.15) is 57.6 Å². The van der Waals surface area contributed by atoms with E-state index in [4.69, 9.17) is 21.1 Å². The van der Waals surface area contributed by atoms with Gasteiger partial charge in [-0.25, -0.2) is 4.79 Å². The van der Waals surface area contributed by atoms with Crippen LogP contribution in [-0.4, -0.2) is 41.4 Å². The van der Waals surface area contributed by atoms with Gasteiger partial charge in [-0.3, -0.25) is 9.59 Å². The highest BCUT2D eigenvalue weighted by Crippen LogP contribution is 2.43. The summed E-state index contributed by atoms with van der Waals surface area (Å²) in [6.07, 6.45) is 0.721. The number of nitrogens with zero attached hydrogens (tertiary/aromatic N) is 1. The summed E-state index contributed by atoms with van der Waals surface area (Å²) in [4.78, 5) is 40.5. The molecule has 8 heteroatoms. The predicted molar refractivity (Wildman–Crippen MR) is 149 cm³/mol. The number of hydrogen-bond acceptors (Lipinski definition) is 6. The summed E-state index contributed by atoms with van der Waals surface area (Å²) in [7, 11) is 1.42. The number of methoxy groups -OCH3 is 1. The zero-order chi connectivity index (χ0) is 28.3. The first kappa shape index (κ1) is 27.9. The van der Waals surface area contributed by atoms with Crippen molar-refractivity contribution in [2.75, 3.05) is 13.7 Å². The van der Waals surface area contributed by atoms with E-state index in [0.717, 1.165) is 17.5 Å². The normalized spacial score (nSPS) is 16.4. The zero-order valence-electron chi connectivity index (χ0n) is 22.3. The van der Waals surface area contributed by atoms with Crippen LogP contribution in [-0.2, 0) is 20.9 Å². The number of aliphatic hydroxyl groups is 1. The number of benzene rings is 3. The number of amides is 1. The zero-order valence-corrected chi connectivity index (χ0v) is 23.0. The lowest BCUT2D eigenvalue weighted by molar-refractivity contribution is -0.140. The van der Waals surface area contributed by atoms with Gasteiger partial charge in [0.2, 0.25) is 0 Å². The van der Waals surface area contributed by atoms with E-state index in [1.54, 1.807) is 43.3 Å². The molecule has 1 saturated heterocycles. The Kier molecular flexibility index (Phi) is 8.41. The number of ketones is 1. The number of halogens is 1. The van der Waals surface area contributed by atoms with Crippen LogP contribution >= 0.6 is 11.6 Å². The van der Waals surface area contributed by atoms with Gasteiger partial charge in [-0.2, -0.15) is 0 Å². The third kappa shape index (κ3) is 5.68. The Hall–Kier alpha value is -4.10. The van der Waals surface area contributed by atoms with Crippen molar-refractivity contribution < 1.29 is 29.0 Å². The summed E-state index contributed by atoms with van der Waals surface area (Å²) in [6, 6.07) is 16.6. The van der Waals surface area contributed by atoms with Crippen LogP contribution in [0.25, 0.3) is 5.76 Å². The lowest BCUT2D eigenvalue weighted by Crippen LogP contribution is -2.29. The average Bonchev–Trinajstić information content (AvgIpc) is 3.16. The molecular weight excluding hydrogens is 518 g/mol. The predicted octanol–water partition coefficient (Wildman–Crippen LogP) is 6.15. The van der Waals surface area contributed by atoms with E-state index < -0.39 is 23.7 Å². The van der Waals surface area contributed by atoms with E-state index in [1.807, 2.05) is 38.1 Å². The van der Waals surface area contributed by atoms with E-state index in [0.29, 0.717) is 23.3 Å². The molecule has 0 aromatic heterocycles. The molecule has 3 aromatic rings. The molecule has 1 fully saturated rings. The van der Waals surface area contributed by atoms with Gasteiger partial charge in [-0.1, -0.05) is 60.5 Å². The lowest BCUT2D eigenvalue weighted by Gasteiger charge is -2.26. The molecule has 39 heavy (non-hydrogen) atoms. The van der Waals surface area contributed by atoms with E-state index in [-0.39, 0.29) is 34.2 Å². The monoisotopic (exact) mass is 547 g/mol. The van der Waals surface area contributed by atoms with Crippen LogP contribution in [0, 0.1) is 13.8 Å². The fraction of sp³-hybridized carbons (Fsp3) is 0.258. The lowest BCUT2D eigenvalue weighted by atomic mass is 9.93. The Balaban J connectivity index is 1.80. The van der Waals surface area contributed by atoms with Crippen LogP contribution in [0.4, 0.5) is 0 Å². The number of aryl methyl sites for hydroxylation is 2. The molecule has 1 aliphatic heterocycles. The molecule has 202 valence electrons. The number of hydrogen-bond donors (Lipinski definition) is 1. The molecule has 1 heterocycles. The summed E-state index contributed by atoms with van der Waals surface area (Å²) in [5.74, 6) is -2.13. The van der Waals surface area contributed by atoms with Gasteiger partial charge in [-0.15, -0.1) is 0 Å². The average molecular weight is 548 g/mol. The Morgan fingerprint density at radius 1 is 1.03 bits per heavy atom. The highest BCUT2D eigenvalue weighted by Gasteiger charge is 2.46. The van der Waals surface area contributed by atoms with E-state index in [2.05, 4.69) is 0 Å². The molecule has 4 rings (SSSR count). The molecule has 0 spiro atoms. The first-order chi connectivity index (χ1) is 18.7. The Labute approximate surface area is 232 Å². The molecule has 3 aromatic carbocycles. The van der Waals surface area contributed by atoms with Gasteiger partial charge < -0.3 is 19.5 Å². The van der Waals surface area contributed by atoms with Crippen LogP contribution in [0.3, 0.4) is 0 Å². The minimum Gasteiger partial charge on any atom is -0.507 e. The minimum atomic E-state index is -0.858. The summed E-state index contributed by atoms with van der Waals surface area (Å²) in [5.41, 5.74) is 3.64. The molecule has 0 saturated carbocycles. The second kappa shape index (κ2) is 11.7. The van der Waals surface area contributed by atoms with Gasteiger partial charge in [-0.05, 0) is 61.2 Å². The quantitative estimate of drug-likeness (QED) is 0.157. The van der Waals surface area contributed by atoms with Crippen molar-refractivity contribution in [3.8, 4) is 5.75 Å². The van der Waals surface area contributed by atoms with Crippen LogP contribution < -0.4 is 4.74 Å². The SMILES string of the molecule is CCCOC(=O)c1ccc(CN2C(=O)C(=O)/C(=C(/O)c3cc(C)cc(Cl)c3OC)C2c2cccc(C)c2)cc1. The molecule has 1 atom stereocenters. The summed E-state index contributed by atoms with van der Waals surface area (Å²) in [5, 5.41) is 11.8. The molecule has 1 aliphatic rings. The summed E-state index contributed by atoms with van der Waals surface area (Å²) < 4.78 is 10.6. The molecule has 0 radical (unpaired) electrons. The van der Waals surface area contributed by atoms with E-state index in [9.17, 15) is 19.5 Å². The van der Waals surface area contributed by atoms with Gasteiger partial charge >= 0.3 is 5.97 Å². The molecular formula is C31H30ClNO6. The molecule has 1 amide bonds. The largest absolute Gasteiger partial charge is 0.507 e. The number of likely N-dealkylation sites (tertiary alicyclic amines) is 1. The van der Waals surface area contributed by atoms with Crippen LogP contribution in [0.2, 0.25) is 5.02 Å². The topological polar surface area (TPSA) is 93.1 Å². The van der Waals surface area contributed by atoms with Crippen molar-refractivity contribution >= 4 is 35.0 Å². The van der Waals surface area contributed by atoms with E-state index >= 15 is 0 Å². The number of rotatable bonds is 8. The highest BCUT2D eigenvalue weighted by molar-refractivity contribution is 6.46. The maximum absolute atomic E-state index is 13.5. The maximum Gasteiger partial charge on any atom is 0.338 e. The van der Waals surface area contributed by atoms with E-state index in [1.165, 1.54) is 12.0 Å². The number of Topliss-reactive ketones (excluding diaryl/α,β-unsaturated/α-hetero) is 1. The maximum atomic E-state index is 13.5. The highest BCUT2D eigenvalue weighted by atomic mass is 35.5. The summed E-state index contributed by atoms with van der Waals surface area (Å²) >= 11 is 6.37. The molecule has 0 aliphatic carbocycles. The third-order valence-corrected chi connectivity index (χ3v) is 6.81. The van der Waals surface area contributed by atoms with Gasteiger partial charge in [0, 0.05) is 6.54 Å². The van der Waals surface area contributed by atoms with Crippen LogP contribution in [0.5, 0.6) is 5.75 Å². The van der Waals surface area contributed by atoms with Crippen molar-refractivity contribution in [2.24, 2.45) is 0 Å². The summed E-state index contributed by atoms with van der Waals surface area (Å²) in [6.45, 7) is 6.05. The molecule has 1 unspecified atom stereocenters. The molecule has 7 nitrogen and oxygen atoms in total. The van der Waals surface area contributed by atoms with Crippen LogP contribution in [0.15, 0.2) is 66.2 Å². The number of carbonyl (C=O) groups is 3. The van der Waals surface area contributed by atoms with Gasteiger partial charge in [0.15, 0.2) is 0 Å². The number of aliphatic hydroxyl groups excluding tert-OH is 1. The number of esters is 1. The Morgan fingerprint density at radius 2 is 1.74 bits per heavy atom. The number of ether oxygens (including phenoxy) is 2. The smallest absolute Gasteiger partial charge is 0.338 e. The Morgan fingerprint density at radius 3 is 2.38 bits per heavy atom. The van der Waals surface area contributed by atoms with Gasteiger partial charge in [0.25, 0.3) is 11.7 Å². The Bertz CT molecular complexity index is 1460. The minimum absolute atomic E-state index is 0.0506.